The lowest BCUT2D eigenvalue weighted by molar-refractivity contribution is -0.137. The Bertz CT molecular complexity index is 1710. The third-order valence-corrected chi connectivity index (χ3v) is 11.6. The van der Waals surface area contributed by atoms with Gasteiger partial charge in [0.05, 0.1) is 37.6 Å². The first-order chi connectivity index (χ1) is 23.3. The first-order valence-electron chi connectivity index (χ1n) is 16.8. The number of nitrogens with zero attached hydrogens (tertiary/aromatic N) is 5. The fourth-order valence-electron chi connectivity index (χ4n) is 6.76. The van der Waals surface area contributed by atoms with Crippen molar-refractivity contribution in [1.82, 2.24) is 29.5 Å². The number of alkyl halides is 3. The van der Waals surface area contributed by atoms with Gasteiger partial charge in [-0.1, -0.05) is 49.4 Å². The Labute approximate surface area is 284 Å². The summed E-state index contributed by atoms with van der Waals surface area (Å²) in [6.07, 6.45) is -1.05. The summed E-state index contributed by atoms with van der Waals surface area (Å²) in [6.45, 7) is 7.11. The van der Waals surface area contributed by atoms with Crippen LogP contribution in [0.3, 0.4) is 0 Å². The zero-order valence-corrected chi connectivity index (χ0v) is 28.5. The maximum absolute atomic E-state index is 14.2. The van der Waals surface area contributed by atoms with Gasteiger partial charge in [0.2, 0.25) is 15.9 Å². The number of carbonyl (C=O) groups excluding carboxylic acids is 1. The molecule has 0 saturated carbocycles. The van der Waals surface area contributed by atoms with Gasteiger partial charge in [0.1, 0.15) is 22.4 Å². The highest BCUT2D eigenvalue weighted by Crippen LogP contribution is 2.39. The zero-order valence-electron chi connectivity index (χ0n) is 27.7. The minimum Gasteiger partial charge on any atom is -0.492 e. The van der Waals surface area contributed by atoms with E-state index in [1.165, 1.54) is 0 Å². The van der Waals surface area contributed by atoms with Crippen molar-refractivity contribution in [3.8, 4) is 5.75 Å². The molecule has 0 unspecified atom stereocenters. The van der Waals surface area contributed by atoms with E-state index in [-0.39, 0.29) is 31.9 Å². The van der Waals surface area contributed by atoms with Crippen LogP contribution in [0.25, 0.3) is 0 Å². The maximum atomic E-state index is 14.2. The predicted octanol–water partition coefficient (Wildman–Crippen LogP) is 4.47. The van der Waals surface area contributed by atoms with Crippen LogP contribution < -0.4 is 10.1 Å². The van der Waals surface area contributed by atoms with Crippen molar-refractivity contribution in [1.29, 1.82) is 0 Å². The molecule has 3 aliphatic rings. The number of sulfonamides is 1. The highest BCUT2D eigenvalue weighted by molar-refractivity contribution is 7.89. The molecule has 2 atom stereocenters. The molecule has 11 nitrogen and oxygen atoms in total. The lowest BCUT2D eigenvalue weighted by Gasteiger charge is -2.43. The number of aromatic nitrogens is 3. The molecule has 266 valence electrons. The van der Waals surface area contributed by atoms with E-state index in [4.69, 9.17) is 9.47 Å². The van der Waals surface area contributed by atoms with Crippen molar-refractivity contribution in [2.75, 3.05) is 32.8 Å². The molecule has 49 heavy (non-hydrogen) atoms. The average Bonchev–Trinajstić information content (AvgIpc) is 3.71. The Morgan fingerprint density at radius 3 is 2.57 bits per heavy atom. The van der Waals surface area contributed by atoms with Crippen LogP contribution in [0, 0.1) is 5.92 Å². The van der Waals surface area contributed by atoms with E-state index in [0.29, 0.717) is 43.5 Å². The van der Waals surface area contributed by atoms with Crippen LogP contribution in [-0.2, 0) is 38.9 Å². The number of carbonyl (C=O) groups is 1. The first kappa shape index (κ1) is 35.3. The molecule has 1 spiro atoms. The van der Waals surface area contributed by atoms with Gasteiger partial charge >= 0.3 is 6.18 Å². The van der Waals surface area contributed by atoms with Crippen LogP contribution in [0.2, 0.25) is 0 Å². The number of rotatable bonds is 8. The highest BCUT2D eigenvalue weighted by atomic mass is 32.2. The molecular formula is C34H43F3N6O5S. The Hall–Kier alpha value is -3.53. The van der Waals surface area contributed by atoms with Crippen molar-refractivity contribution in [2.24, 2.45) is 5.92 Å². The molecule has 0 radical (unpaired) electrons. The zero-order chi connectivity index (χ0) is 34.8. The van der Waals surface area contributed by atoms with Gasteiger partial charge in [-0.3, -0.25) is 4.79 Å². The van der Waals surface area contributed by atoms with Crippen LogP contribution in [-0.4, -0.2) is 89.0 Å². The average molecular weight is 705 g/mol. The van der Waals surface area contributed by atoms with Gasteiger partial charge in [-0.15, -0.1) is 5.10 Å². The Balaban J connectivity index is 1.25. The fraction of sp³-hybridized carbons (Fsp3) is 0.559. The molecule has 3 aliphatic heterocycles. The first-order valence-corrected chi connectivity index (χ1v) is 18.2. The van der Waals surface area contributed by atoms with E-state index in [1.54, 1.807) is 10.9 Å². The van der Waals surface area contributed by atoms with Crippen molar-refractivity contribution in [2.45, 2.75) is 87.9 Å². The molecule has 1 N–H and O–H groups in total. The summed E-state index contributed by atoms with van der Waals surface area (Å²) < 4.78 is 84.5. The summed E-state index contributed by atoms with van der Waals surface area (Å²) in [5.74, 6) is -0.106. The highest BCUT2D eigenvalue weighted by Gasteiger charge is 2.48. The van der Waals surface area contributed by atoms with E-state index < -0.39 is 50.3 Å². The molecule has 0 bridgehead atoms. The minimum atomic E-state index is -4.78. The predicted molar refractivity (Wildman–Crippen MR) is 174 cm³/mol. The maximum Gasteiger partial charge on any atom is 0.416 e. The summed E-state index contributed by atoms with van der Waals surface area (Å²) in [5.41, 5.74) is -0.224. The van der Waals surface area contributed by atoms with Gasteiger partial charge in [-0.25, -0.2) is 13.1 Å². The van der Waals surface area contributed by atoms with Gasteiger partial charge in [-0.2, -0.15) is 17.5 Å². The second kappa shape index (κ2) is 14.4. The molecule has 4 heterocycles. The molecule has 2 aromatic carbocycles. The number of amides is 1. The number of piperidine rings is 1. The van der Waals surface area contributed by atoms with Crippen molar-refractivity contribution in [3.05, 3.63) is 71.5 Å². The number of hydrogen-bond donors (Lipinski definition) is 1. The SMILES string of the molecule is CC(C)CCN1CCC2(CCOc3ccc(C(F)(F)F)cc3S(=O)(=O)N3C[C@H](OCc4cn(Cc5ccccc5)nn4)C[C@H]3C(=O)N2)CC1. The largest absolute Gasteiger partial charge is 0.492 e. The summed E-state index contributed by atoms with van der Waals surface area (Å²) in [7, 11) is -4.64. The Morgan fingerprint density at radius 1 is 1.10 bits per heavy atom. The summed E-state index contributed by atoms with van der Waals surface area (Å²) in [6, 6.07) is 11.0. The number of likely N-dealkylation sites (tertiary alicyclic amines) is 1. The molecule has 2 saturated heterocycles. The number of fused-ring (bicyclic) bond motifs is 2. The second-order valence-corrected chi connectivity index (χ2v) is 15.6. The molecule has 1 aromatic heterocycles. The number of halogens is 3. The summed E-state index contributed by atoms with van der Waals surface area (Å²) in [5, 5.41) is 11.5. The quantitative estimate of drug-likeness (QED) is 0.365. The van der Waals surface area contributed by atoms with Gasteiger partial charge in [-0.05, 0) is 55.5 Å². The van der Waals surface area contributed by atoms with Crippen LogP contribution in [0.5, 0.6) is 5.75 Å². The van der Waals surface area contributed by atoms with E-state index in [0.717, 1.165) is 48.1 Å². The second-order valence-electron chi connectivity index (χ2n) is 13.7. The van der Waals surface area contributed by atoms with Crippen molar-refractivity contribution >= 4 is 15.9 Å². The third kappa shape index (κ3) is 8.27. The molecule has 1 amide bonds. The Kier molecular flexibility index (Phi) is 10.4. The summed E-state index contributed by atoms with van der Waals surface area (Å²) in [4.78, 5) is 15.8. The molecule has 6 rings (SSSR count). The summed E-state index contributed by atoms with van der Waals surface area (Å²) >= 11 is 0. The van der Waals surface area contributed by atoms with Crippen LogP contribution >= 0.6 is 0 Å². The van der Waals surface area contributed by atoms with E-state index in [9.17, 15) is 26.4 Å². The fourth-order valence-corrected chi connectivity index (χ4v) is 8.55. The number of hydrogen-bond acceptors (Lipinski definition) is 8. The van der Waals surface area contributed by atoms with Crippen LogP contribution in [0.4, 0.5) is 13.2 Å². The van der Waals surface area contributed by atoms with Crippen molar-refractivity contribution < 1.29 is 35.9 Å². The number of nitrogens with one attached hydrogen (secondary N) is 1. The molecule has 2 fully saturated rings. The minimum absolute atomic E-state index is 0.00967. The number of benzene rings is 2. The Morgan fingerprint density at radius 2 is 1.86 bits per heavy atom. The van der Waals surface area contributed by atoms with Gasteiger partial charge < -0.3 is 19.7 Å². The molecule has 0 aliphatic carbocycles. The smallest absolute Gasteiger partial charge is 0.416 e. The standard InChI is InChI=1S/C34H43F3N6O5S/c1-24(2)10-14-41-15-11-33(12-16-41)13-17-47-30-9-8-26(34(35,36)37)18-31(30)49(45,46)43-22-28(19-29(43)32(44)38-33)48-23-27-21-42(40-39-27)20-25-6-4-3-5-7-25/h3-9,18,21,24,28-29H,10-17,19-20,22-23H2,1-2H3,(H,38,44)/t28-,29+/m1/s1. The third-order valence-electron chi connectivity index (χ3n) is 9.68. The normalized spacial score (nSPS) is 23.0. The van der Waals surface area contributed by atoms with E-state index in [2.05, 4.69) is 34.4 Å². The van der Waals surface area contributed by atoms with Crippen LogP contribution in [0.15, 0.2) is 59.6 Å². The topological polar surface area (TPSA) is 119 Å². The van der Waals surface area contributed by atoms with Gasteiger partial charge in [0, 0.05) is 38.0 Å². The van der Waals surface area contributed by atoms with Gasteiger partial charge in [0.25, 0.3) is 0 Å². The molecule has 15 heteroatoms. The monoisotopic (exact) mass is 704 g/mol. The van der Waals surface area contributed by atoms with E-state index >= 15 is 0 Å². The lowest BCUT2D eigenvalue weighted by Crippen LogP contribution is -2.59. The van der Waals surface area contributed by atoms with Crippen molar-refractivity contribution in [3.63, 3.8) is 0 Å². The lowest BCUT2D eigenvalue weighted by atomic mass is 9.84. The van der Waals surface area contributed by atoms with Gasteiger partial charge in [0.15, 0.2) is 0 Å². The molecule has 3 aromatic rings. The van der Waals surface area contributed by atoms with Crippen LogP contribution in [0.1, 0.15) is 62.8 Å². The molecular weight excluding hydrogens is 661 g/mol. The van der Waals surface area contributed by atoms with E-state index in [1.807, 2.05) is 30.3 Å². The number of ether oxygens (including phenoxy) is 2.